The molecule has 37 valence electrons. The molecular weight excluding hydrogens is 165 g/mol. The first-order valence-electron chi connectivity index (χ1n) is 1.67. The summed E-state index contributed by atoms with van der Waals surface area (Å²) >= 11 is 0. The van der Waals surface area contributed by atoms with E-state index in [1.165, 1.54) is 6.92 Å². The van der Waals surface area contributed by atoms with E-state index in [9.17, 15) is 0 Å². The van der Waals surface area contributed by atoms with Crippen LogP contribution in [0.25, 0.3) is 5.41 Å². The molecule has 0 bridgehead atoms. The van der Waals surface area contributed by atoms with Crippen molar-refractivity contribution in [3.05, 3.63) is 5.41 Å². The second-order valence-corrected chi connectivity index (χ2v) is 0.883. The molecule has 0 aliphatic carbocycles. The largest absolute Gasteiger partial charge is 0.645 e. The minimum absolute atomic E-state index is 0. The molecule has 0 aliphatic rings. The topological polar surface area (TPSA) is 34.7 Å². The third-order valence-electron chi connectivity index (χ3n) is 0.274. The Bertz CT molecular complexity index is 77.8. The van der Waals surface area contributed by atoms with Crippen LogP contribution in [0, 0.1) is 0 Å². The Morgan fingerprint density at radius 1 is 1.71 bits per heavy atom. The van der Waals surface area contributed by atoms with Crippen LogP contribution in [0.2, 0.25) is 0 Å². The van der Waals surface area contributed by atoms with Crippen LogP contribution in [0.1, 0.15) is 13.8 Å². The van der Waals surface area contributed by atoms with E-state index in [-0.39, 0.29) is 38.5 Å². The molecule has 0 heterocycles. The van der Waals surface area contributed by atoms with E-state index in [0.717, 1.165) is 0 Å². The van der Waals surface area contributed by atoms with Crippen molar-refractivity contribution in [2.45, 2.75) is 13.8 Å². The summed E-state index contributed by atoms with van der Waals surface area (Å²) in [7, 11) is 0. The third-order valence-corrected chi connectivity index (χ3v) is 0.274. The summed E-state index contributed by atoms with van der Waals surface area (Å²) in [4.78, 5) is 3.35. The standard InChI is InChI=1S/C4H6N2.Y/c1-3-6-4(2)5;/h1-2H3;/q-2;. The summed E-state index contributed by atoms with van der Waals surface area (Å²) in [5.41, 5.74) is 0. The van der Waals surface area contributed by atoms with Gasteiger partial charge in [0.25, 0.3) is 0 Å². The molecule has 0 unspecified atom stereocenters. The molecule has 0 atom stereocenters. The molecule has 0 saturated carbocycles. The van der Waals surface area contributed by atoms with Crippen LogP contribution in [0.3, 0.4) is 0 Å². The van der Waals surface area contributed by atoms with Gasteiger partial charge in [0.15, 0.2) is 0 Å². The van der Waals surface area contributed by atoms with Crippen molar-refractivity contribution in [3.63, 3.8) is 0 Å². The Labute approximate surface area is 68.8 Å². The van der Waals surface area contributed by atoms with Crippen LogP contribution in [0.15, 0.2) is 4.99 Å². The molecule has 7 heavy (non-hydrogen) atoms. The minimum Gasteiger partial charge on any atom is -0.645 e. The van der Waals surface area contributed by atoms with Crippen LogP contribution in [0.5, 0.6) is 0 Å². The quantitative estimate of drug-likeness (QED) is 0.295. The predicted octanol–water partition coefficient (Wildman–Crippen LogP) is 0.939. The van der Waals surface area contributed by atoms with E-state index in [2.05, 4.69) is 11.2 Å². The van der Waals surface area contributed by atoms with Gasteiger partial charge < -0.3 is 16.6 Å². The summed E-state index contributed by atoms with van der Waals surface area (Å²) in [5, 5.41) is 8.24. The van der Waals surface area contributed by atoms with E-state index in [1.807, 2.05) is 0 Å². The molecule has 0 aliphatic heterocycles. The zero-order valence-corrected chi connectivity index (χ0v) is 7.31. The van der Waals surface area contributed by atoms with Crippen LogP contribution < -0.4 is 0 Å². The van der Waals surface area contributed by atoms with Gasteiger partial charge in [-0.25, -0.2) is 0 Å². The van der Waals surface area contributed by atoms with E-state index < -0.39 is 0 Å². The monoisotopic (exact) mass is 171 g/mol. The first-order valence-corrected chi connectivity index (χ1v) is 1.67. The second kappa shape index (κ2) is 6.44. The third kappa shape index (κ3) is 10.7. The van der Waals surface area contributed by atoms with Crippen LogP contribution in [0.4, 0.5) is 0 Å². The number of hydrogen-bond acceptors (Lipinski definition) is 0. The van der Waals surface area contributed by atoms with Crippen LogP contribution in [-0.4, -0.2) is 12.1 Å². The Morgan fingerprint density at radius 2 is 2.14 bits per heavy atom. The summed E-state index contributed by atoms with van der Waals surface area (Å²) in [6, 6.07) is 0. The smallest absolute Gasteiger partial charge is 0 e. The predicted molar refractivity (Wildman–Crippen MR) is 27.1 cm³/mol. The van der Waals surface area contributed by atoms with Gasteiger partial charge in [-0.3, -0.25) is 5.84 Å². The van der Waals surface area contributed by atoms with Crippen molar-refractivity contribution < 1.29 is 32.7 Å². The van der Waals surface area contributed by atoms with E-state index in [1.54, 1.807) is 6.92 Å². The molecule has 0 fully saturated rings. The van der Waals surface area contributed by atoms with Crippen molar-refractivity contribution in [2.24, 2.45) is 4.99 Å². The van der Waals surface area contributed by atoms with Crippen LogP contribution in [-0.2, 0) is 32.7 Å². The normalized spacial score (nSPS) is 8.29. The Balaban J connectivity index is 0. The molecule has 2 nitrogen and oxygen atoms in total. The summed E-state index contributed by atoms with van der Waals surface area (Å²) in [6.07, 6.45) is 2.41. The summed E-state index contributed by atoms with van der Waals surface area (Å²) in [5.74, 6) is 0.0532. The van der Waals surface area contributed by atoms with Gasteiger partial charge in [0, 0.05) is 32.7 Å². The Kier molecular flexibility index (Phi) is 9.60. The molecular formula is C4H6N2Y-2. The van der Waals surface area contributed by atoms with Gasteiger partial charge in [0.05, 0.1) is 0 Å². The van der Waals surface area contributed by atoms with Gasteiger partial charge >= 0.3 is 0 Å². The molecule has 0 aromatic carbocycles. The van der Waals surface area contributed by atoms with Gasteiger partial charge in [-0.15, -0.1) is 13.8 Å². The average molecular weight is 171 g/mol. The Morgan fingerprint density at radius 3 is 2.14 bits per heavy atom. The number of aliphatic imine (C=N–C) groups is 1. The molecule has 1 radical (unpaired) electrons. The molecule has 0 saturated heterocycles. The van der Waals surface area contributed by atoms with E-state index in [0.29, 0.717) is 0 Å². The van der Waals surface area contributed by atoms with E-state index in [4.69, 9.17) is 5.41 Å². The fourth-order valence-corrected chi connectivity index (χ4v) is 0.162. The number of amidine groups is 1. The van der Waals surface area contributed by atoms with Crippen molar-refractivity contribution in [3.8, 4) is 0 Å². The van der Waals surface area contributed by atoms with Gasteiger partial charge in [-0.1, -0.05) is 0 Å². The zero-order chi connectivity index (χ0) is 4.99. The fraction of sp³-hybridized carbons (Fsp3) is 0.500. The maximum absolute atomic E-state index is 8.24. The molecule has 3 heteroatoms. The second-order valence-electron chi connectivity index (χ2n) is 0.883. The summed E-state index contributed by atoms with van der Waals surface area (Å²) < 4.78 is 0. The Hall–Kier alpha value is 0.444. The number of hydrogen-bond donors (Lipinski definition) is 0. The first kappa shape index (κ1) is 10.4. The number of nitrogens with zero attached hydrogens (tertiary/aromatic N) is 2. The molecule has 0 N–H and O–H groups in total. The summed E-state index contributed by atoms with van der Waals surface area (Å²) in [6.45, 7) is 3.12. The van der Waals surface area contributed by atoms with Crippen LogP contribution >= 0.6 is 0 Å². The molecule has 0 spiro atoms. The molecule has 0 aromatic rings. The number of rotatable bonds is 0. The van der Waals surface area contributed by atoms with E-state index >= 15 is 0 Å². The van der Waals surface area contributed by atoms with Gasteiger partial charge in [0.1, 0.15) is 0 Å². The SMILES string of the molecule is C[C-]=NC(C)=[N-].[Y]. The first-order chi connectivity index (χ1) is 2.77. The van der Waals surface area contributed by atoms with Crippen molar-refractivity contribution in [2.75, 3.05) is 0 Å². The fourth-order valence-electron chi connectivity index (χ4n) is 0.162. The van der Waals surface area contributed by atoms with Crippen molar-refractivity contribution in [1.82, 2.24) is 0 Å². The van der Waals surface area contributed by atoms with Crippen molar-refractivity contribution >= 4 is 12.1 Å². The average Bonchev–Trinajstić information content (AvgIpc) is 1.35. The maximum Gasteiger partial charge on any atom is 0 e. The molecule has 0 aromatic heterocycles. The van der Waals surface area contributed by atoms with Gasteiger partial charge in [-0.2, -0.15) is 0 Å². The molecule has 0 rings (SSSR count). The zero-order valence-electron chi connectivity index (χ0n) is 4.47. The van der Waals surface area contributed by atoms with Gasteiger partial charge in [-0.05, 0) is 0 Å². The molecule has 0 amide bonds. The minimum atomic E-state index is 0. The maximum atomic E-state index is 8.24. The van der Waals surface area contributed by atoms with Gasteiger partial charge in [0.2, 0.25) is 0 Å². The van der Waals surface area contributed by atoms with Crippen molar-refractivity contribution in [1.29, 1.82) is 0 Å².